The van der Waals surface area contributed by atoms with Gasteiger partial charge in [0.25, 0.3) is 11.8 Å². The predicted octanol–water partition coefficient (Wildman–Crippen LogP) is 1.87. The number of amides is 2. The number of carbonyl (C=O) groups excluding carboxylic acids is 2. The predicted molar refractivity (Wildman–Crippen MR) is 64.2 cm³/mol. The lowest BCUT2D eigenvalue weighted by atomic mass is 9.98. The molecule has 1 N–H and O–H groups in total. The molecule has 1 aromatic rings. The summed E-state index contributed by atoms with van der Waals surface area (Å²) in [6.45, 7) is 0. The van der Waals surface area contributed by atoms with Crippen molar-refractivity contribution in [1.82, 2.24) is 5.06 Å². The molecule has 1 saturated heterocycles. The van der Waals surface area contributed by atoms with Gasteiger partial charge in [0.1, 0.15) is 0 Å². The number of hydrogen-bond acceptors (Lipinski definition) is 4. The Bertz CT molecular complexity index is 545. The number of benzene rings is 1. The largest absolute Gasteiger partial charge is 0.531 e. The fraction of sp³-hybridized carbons (Fsp3) is 0.250. The van der Waals surface area contributed by atoms with E-state index in [1.54, 1.807) is 24.3 Å². The van der Waals surface area contributed by atoms with Gasteiger partial charge in [0.05, 0.1) is 5.92 Å². The van der Waals surface area contributed by atoms with Crippen molar-refractivity contribution in [3.8, 4) is 0 Å². The van der Waals surface area contributed by atoms with Crippen LogP contribution in [0.1, 0.15) is 12.0 Å². The second kappa shape index (κ2) is 5.27. The third kappa shape index (κ3) is 2.85. The quantitative estimate of drug-likeness (QED) is 0.856. The van der Waals surface area contributed by atoms with Crippen molar-refractivity contribution in [2.75, 3.05) is 0 Å². The number of hydrogen-bond donors (Lipinski definition) is 1. The molecule has 0 aliphatic carbocycles. The minimum absolute atomic E-state index is 0.0860. The third-order valence-corrected chi connectivity index (χ3v) is 3.16. The SMILES string of the molecule is O=C(O)ON1C(=O)CC(Cc2ccccc2Cl)C1=O. The van der Waals surface area contributed by atoms with Gasteiger partial charge in [0, 0.05) is 11.4 Å². The van der Waals surface area contributed by atoms with E-state index in [9.17, 15) is 14.4 Å². The van der Waals surface area contributed by atoms with Crippen LogP contribution in [0.2, 0.25) is 5.02 Å². The van der Waals surface area contributed by atoms with E-state index < -0.39 is 23.9 Å². The lowest BCUT2D eigenvalue weighted by Gasteiger charge is -2.11. The lowest BCUT2D eigenvalue weighted by molar-refractivity contribution is -0.176. The van der Waals surface area contributed by atoms with E-state index >= 15 is 0 Å². The van der Waals surface area contributed by atoms with Crippen LogP contribution in [0.25, 0.3) is 0 Å². The molecule has 7 heteroatoms. The Morgan fingerprint density at radius 1 is 1.42 bits per heavy atom. The molecule has 0 aromatic heterocycles. The molecular formula is C12H10ClNO5. The average Bonchev–Trinajstić information content (AvgIpc) is 2.60. The lowest BCUT2D eigenvalue weighted by Crippen LogP contribution is -2.33. The molecule has 19 heavy (non-hydrogen) atoms. The van der Waals surface area contributed by atoms with Crippen molar-refractivity contribution in [2.45, 2.75) is 12.8 Å². The molecule has 1 fully saturated rings. The summed E-state index contributed by atoms with van der Waals surface area (Å²) in [5, 5.41) is 9.24. The fourth-order valence-corrected chi connectivity index (χ4v) is 2.15. The van der Waals surface area contributed by atoms with Crippen molar-refractivity contribution < 1.29 is 24.3 Å². The van der Waals surface area contributed by atoms with E-state index in [0.29, 0.717) is 10.1 Å². The highest BCUT2D eigenvalue weighted by atomic mass is 35.5. The summed E-state index contributed by atoms with van der Waals surface area (Å²) in [5.74, 6) is -1.97. The number of rotatable bonds is 3. The summed E-state index contributed by atoms with van der Waals surface area (Å²) >= 11 is 5.97. The van der Waals surface area contributed by atoms with E-state index in [1.165, 1.54) is 0 Å². The van der Waals surface area contributed by atoms with Gasteiger partial charge in [-0.3, -0.25) is 14.4 Å². The number of carboxylic acid groups (broad SMARTS) is 1. The van der Waals surface area contributed by atoms with Gasteiger partial charge in [-0.15, -0.1) is 0 Å². The molecule has 1 heterocycles. The standard InChI is InChI=1S/C12H10ClNO5/c13-9-4-2-1-3-7(9)5-8-6-10(15)14(11(8)16)19-12(17)18/h1-4,8H,5-6H2,(H,17,18). The number of hydroxylamine groups is 2. The minimum atomic E-state index is -1.69. The molecule has 2 rings (SSSR count). The van der Waals surface area contributed by atoms with Crippen LogP contribution in [0.5, 0.6) is 0 Å². The van der Waals surface area contributed by atoms with Crippen molar-refractivity contribution in [3.05, 3.63) is 34.9 Å². The van der Waals surface area contributed by atoms with Crippen LogP contribution in [0.4, 0.5) is 4.79 Å². The van der Waals surface area contributed by atoms with Gasteiger partial charge in [-0.05, 0) is 18.1 Å². The average molecular weight is 284 g/mol. The summed E-state index contributed by atoms with van der Waals surface area (Å²) in [4.78, 5) is 37.9. The highest BCUT2D eigenvalue weighted by molar-refractivity contribution is 6.31. The fourth-order valence-electron chi connectivity index (χ4n) is 1.93. The molecular weight excluding hydrogens is 274 g/mol. The zero-order chi connectivity index (χ0) is 14.0. The first-order valence-corrected chi connectivity index (χ1v) is 5.88. The van der Waals surface area contributed by atoms with Gasteiger partial charge in [0.2, 0.25) is 0 Å². The second-order valence-corrected chi connectivity index (χ2v) is 4.49. The molecule has 100 valence electrons. The van der Waals surface area contributed by atoms with Crippen LogP contribution >= 0.6 is 11.6 Å². The van der Waals surface area contributed by atoms with Gasteiger partial charge in [0.15, 0.2) is 0 Å². The van der Waals surface area contributed by atoms with E-state index in [4.69, 9.17) is 16.7 Å². The normalized spacial score (nSPS) is 18.8. The Hall–Kier alpha value is -2.08. The Balaban J connectivity index is 2.11. The van der Waals surface area contributed by atoms with Crippen molar-refractivity contribution in [3.63, 3.8) is 0 Å². The monoisotopic (exact) mass is 283 g/mol. The van der Waals surface area contributed by atoms with E-state index in [2.05, 4.69) is 4.84 Å². The molecule has 0 radical (unpaired) electrons. The Morgan fingerprint density at radius 2 is 2.11 bits per heavy atom. The molecule has 0 saturated carbocycles. The van der Waals surface area contributed by atoms with Crippen molar-refractivity contribution in [1.29, 1.82) is 0 Å². The maximum absolute atomic E-state index is 11.8. The second-order valence-electron chi connectivity index (χ2n) is 4.08. The number of imide groups is 1. The minimum Gasteiger partial charge on any atom is -0.448 e. The first kappa shape index (κ1) is 13.4. The molecule has 1 aliphatic rings. The molecule has 6 nitrogen and oxygen atoms in total. The Morgan fingerprint density at radius 3 is 2.74 bits per heavy atom. The summed E-state index contributed by atoms with van der Waals surface area (Å²) in [6.07, 6.45) is -1.51. The molecule has 0 spiro atoms. The number of carbonyl (C=O) groups is 3. The summed E-state index contributed by atoms with van der Waals surface area (Å²) in [7, 11) is 0. The van der Waals surface area contributed by atoms with Crippen LogP contribution in [-0.2, 0) is 20.8 Å². The highest BCUT2D eigenvalue weighted by Crippen LogP contribution is 2.26. The molecule has 1 aliphatic heterocycles. The van der Waals surface area contributed by atoms with Gasteiger partial charge in [-0.2, -0.15) is 0 Å². The van der Waals surface area contributed by atoms with Crippen LogP contribution in [-0.4, -0.2) is 28.1 Å². The van der Waals surface area contributed by atoms with Crippen LogP contribution < -0.4 is 0 Å². The molecule has 0 bridgehead atoms. The zero-order valence-corrected chi connectivity index (χ0v) is 10.5. The number of halogens is 1. The van der Waals surface area contributed by atoms with Crippen molar-refractivity contribution in [2.24, 2.45) is 5.92 Å². The van der Waals surface area contributed by atoms with Crippen LogP contribution in [0, 0.1) is 5.92 Å². The van der Waals surface area contributed by atoms with Gasteiger partial charge >= 0.3 is 6.16 Å². The zero-order valence-electron chi connectivity index (χ0n) is 9.71. The number of nitrogens with zero attached hydrogens (tertiary/aromatic N) is 1. The topological polar surface area (TPSA) is 83.9 Å². The van der Waals surface area contributed by atoms with Gasteiger partial charge in [-0.1, -0.05) is 34.9 Å². The van der Waals surface area contributed by atoms with Crippen LogP contribution in [0.3, 0.4) is 0 Å². The molecule has 1 unspecified atom stereocenters. The third-order valence-electron chi connectivity index (χ3n) is 2.79. The smallest absolute Gasteiger partial charge is 0.448 e. The molecule has 1 atom stereocenters. The summed E-state index contributed by atoms with van der Waals surface area (Å²) in [6, 6.07) is 6.96. The summed E-state index contributed by atoms with van der Waals surface area (Å²) < 4.78 is 0. The first-order chi connectivity index (χ1) is 8.99. The Kier molecular flexibility index (Phi) is 3.71. The van der Waals surface area contributed by atoms with Gasteiger partial charge in [-0.25, -0.2) is 4.79 Å². The van der Waals surface area contributed by atoms with E-state index in [0.717, 1.165) is 5.56 Å². The Labute approximate surface area is 113 Å². The maximum Gasteiger partial charge on any atom is 0.531 e. The van der Waals surface area contributed by atoms with E-state index in [1.807, 2.05) is 0 Å². The first-order valence-electron chi connectivity index (χ1n) is 5.50. The maximum atomic E-state index is 11.8. The molecule has 1 aromatic carbocycles. The van der Waals surface area contributed by atoms with Crippen LogP contribution in [0.15, 0.2) is 24.3 Å². The molecule has 2 amide bonds. The van der Waals surface area contributed by atoms with E-state index in [-0.39, 0.29) is 12.8 Å². The highest BCUT2D eigenvalue weighted by Gasteiger charge is 2.41. The van der Waals surface area contributed by atoms with Crippen molar-refractivity contribution >= 4 is 29.6 Å². The summed E-state index contributed by atoms with van der Waals surface area (Å²) in [5.41, 5.74) is 0.729. The van der Waals surface area contributed by atoms with Gasteiger partial charge < -0.3 is 5.11 Å².